The molecule has 1 amide bonds. The lowest BCUT2D eigenvalue weighted by molar-refractivity contribution is 0.0887. The number of methoxy groups -OCH3 is 1. The van der Waals surface area contributed by atoms with Crippen LogP contribution in [0.5, 0.6) is 5.75 Å². The summed E-state index contributed by atoms with van der Waals surface area (Å²) in [7, 11) is -2.55. The number of amides is 1. The first-order valence-electron chi connectivity index (χ1n) is 12.0. The molecule has 1 aliphatic heterocycles. The minimum Gasteiger partial charge on any atom is -0.493 e. The Balaban J connectivity index is 0.00000400. The third-order valence-corrected chi connectivity index (χ3v) is 7.13. The van der Waals surface area contributed by atoms with Crippen LogP contribution < -0.4 is 14.4 Å². The van der Waals surface area contributed by atoms with Gasteiger partial charge >= 0.3 is 0 Å². The Morgan fingerprint density at radius 1 is 1.30 bits per heavy atom. The van der Waals surface area contributed by atoms with Crippen LogP contribution in [0.2, 0.25) is 0 Å². The molecule has 10 nitrogen and oxygen atoms in total. The fourth-order valence-electron chi connectivity index (χ4n) is 4.03. The molecule has 0 aliphatic carbocycles. The SMILES string of the molecule is COC1CCCN(c2nc(-c3cc(F)cc(OCC(C)C)c3)ccc2C(=O)NS(=O)(=O)c2ccn[nH]2)C1.[HH]. The summed E-state index contributed by atoms with van der Waals surface area (Å²) in [5.74, 6) is -0.407. The van der Waals surface area contributed by atoms with E-state index < -0.39 is 21.7 Å². The normalized spacial score (nSPS) is 16.1. The highest BCUT2D eigenvalue weighted by molar-refractivity contribution is 7.90. The van der Waals surface area contributed by atoms with Crippen LogP contribution in [0.4, 0.5) is 10.2 Å². The smallest absolute Gasteiger partial charge is 0.281 e. The summed E-state index contributed by atoms with van der Waals surface area (Å²) in [5, 5.41) is 5.73. The van der Waals surface area contributed by atoms with E-state index in [1.165, 1.54) is 30.5 Å². The molecule has 1 saturated heterocycles. The first-order chi connectivity index (χ1) is 17.7. The van der Waals surface area contributed by atoms with Crippen molar-refractivity contribution in [1.82, 2.24) is 19.9 Å². The lowest BCUT2D eigenvalue weighted by Crippen LogP contribution is -2.41. The summed E-state index contributed by atoms with van der Waals surface area (Å²) in [6.07, 6.45) is 2.85. The summed E-state index contributed by atoms with van der Waals surface area (Å²) >= 11 is 0. The monoisotopic (exact) mass is 533 g/mol. The fraction of sp³-hybridized carbons (Fsp3) is 0.400. The number of hydrogen-bond donors (Lipinski definition) is 2. The number of H-pyrrole nitrogens is 1. The van der Waals surface area contributed by atoms with Crippen LogP contribution in [0, 0.1) is 11.7 Å². The zero-order valence-corrected chi connectivity index (χ0v) is 21.7. The summed E-state index contributed by atoms with van der Waals surface area (Å²) < 4.78 is 53.0. The Bertz CT molecular complexity index is 1350. The van der Waals surface area contributed by atoms with Gasteiger partial charge in [-0.3, -0.25) is 9.89 Å². The summed E-state index contributed by atoms with van der Waals surface area (Å²) in [6.45, 7) is 5.48. The number of aromatic amines is 1. The van der Waals surface area contributed by atoms with Crippen LogP contribution in [-0.4, -0.2) is 62.4 Å². The predicted octanol–water partition coefficient (Wildman–Crippen LogP) is 3.63. The Hall–Kier alpha value is -3.51. The molecule has 3 heterocycles. The lowest BCUT2D eigenvalue weighted by Gasteiger charge is -2.34. The van der Waals surface area contributed by atoms with E-state index in [1.807, 2.05) is 18.7 Å². The molecule has 1 aliphatic rings. The van der Waals surface area contributed by atoms with Crippen LogP contribution in [0.1, 0.15) is 38.5 Å². The molecule has 0 radical (unpaired) electrons. The van der Waals surface area contributed by atoms with E-state index in [0.717, 1.165) is 12.8 Å². The molecule has 0 saturated carbocycles. The summed E-state index contributed by atoms with van der Waals surface area (Å²) in [5.41, 5.74) is 0.949. The minimum atomic E-state index is -4.17. The van der Waals surface area contributed by atoms with Gasteiger partial charge in [-0.05, 0) is 49.1 Å². The maximum absolute atomic E-state index is 14.4. The average molecular weight is 534 g/mol. The number of piperidine rings is 1. The molecular weight excluding hydrogens is 501 g/mol. The molecule has 200 valence electrons. The number of sulfonamides is 1. The lowest BCUT2D eigenvalue weighted by atomic mass is 10.1. The van der Waals surface area contributed by atoms with Crippen molar-refractivity contribution in [2.75, 3.05) is 31.7 Å². The zero-order chi connectivity index (χ0) is 26.6. The van der Waals surface area contributed by atoms with Gasteiger partial charge in [-0.25, -0.2) is 14.1 Å². The summed E-state index contributed by atoms with van der Waals surface area (Å²) in [4.78, 5) is 19.8. The van der Waals surface area contributed by atoms with Crippen molar-refractivity contribution in [3.05, 3.63) is 54.0 Å². The zero-order valence-electron chi connectivity index (χ0n) is 20.9. The fourth-order valence-corrected chi connectivity index (χ4v) is 4.91. The van der Waals surface area contributed by atoms with E-state index in [0.29, 0.717) is 36.7 Å². The van der Waals surface area contributed by atoms with E-state index in [4.69, 9.17) is 14.5 Å². The van der Waals surface area contributed by atoms with E-state index in [1.54, 1.807) is 19.2 Å². The largest absolute Gasteiger partial charge is 0.493 e. The molecular formula is C25H32FN5O5S. The van der Waals surface area contributed by atoms with Crippen molar-refractivity contribution in [3.63, 3.8) is 0 Å². The summed E-state index contributed by atoms with van der Waals surface area (Å²) in [6, 6.07) is 8.63. The number of nitrogens with zero attached hydrogens (tertiary/aromatic N) is 3. The maximum atomic E-state index is 14.4. The molecule has 4 rings (SSSR count). The van der Waals surface area contributed by atoms with Crippen molar-refractivity contribution in [2.24, 2.45) is 5.92 Å². The average Bonchev–Trinajstić information content (AvgIpc) is 3.43. The molecule has 1 unspecified atom stereocenters. The molecule has 0 spiro atoms. The van der Waals surface area contributed by atoms with E-state index in [9.17, 15) is 17.6 Å². The van der Waals surface area contributed by atoms with Crippen molar-refractivity contribution in [3.8, 4) is 17.0 Å². The van der Waals surface area contributed by atoms with Crippen molar-refractivity contribution in [2.45, 2.75) is 37.8 Å². The van der Waals surface area contributed by atoms with Crippen LogP contribution in [-0.2, 0) is 14.8 Å². The van der Waals surface area contributed by atoms with Gasteiger partial charge in [0, 0.05) is 33.3 Å². The third kappa shape index (κ3) is 6.44. The van der Waals surface area contributed by atoms with Crippen LogP contribution in [0.3, 0.4) is 0 Å². The number of pyridine rings is 1. The molecule has 3 aromatic rings. The molecule has 2 aromatic heterocycles. The van der Waals surface area contributed by atoms with Gasteiger partial charge in [0.15, 0.2) is 5.03 Å². The second-order valence-corrected chi connectivity index (χ2v) is 10.9. The highest BCUT2D eigenvalue weighted by atomic mass is 32.2. The maximum Gasteiger partial charge on any atom is 0.281 e. The molecule has 0 bridgehead atoms. The number of nitrogens with one attached hydrogen (secondary N) is 2. The Labute approximate surface area is 216 Å². The number of hydrogen-bond acceptors (Lipinski definition) is 8. The Morgan fingerprint density at radius 2 is 2.11 bits per heavy atom. The van der Waals surface area contributed by atoms with Crippen molar-refractivity contribution in [1.29, 1.82) is 0 Å². The highest BCUT2D eigenvalue weighted by Gasteiger charge is 2.28. The van der Waals surface area contributed by atoms with E-state index in [-0.39, 0.29) is 29.9 Å². The Morgan fingerprint density at radius 3 is 2.81 bits per heavy atom. The number of aromatic nitrogens is 3. The first-order valence-corrected chi connectivity index (χ1v) is 13.4. The molecule has 1 atom stereocenters. The predicted molar refractivity (Wildman–Crippen MR) is 138 cm³/mol. The molecule has 1 fully saturated rings. The minimum absolute atomic E-state index is 0. The van der Waals surface area contributed by atoms with Crippen molar-refractivity contribution >= 4 is 21.7 Å². The van der Waals surface area contributed by atoms with Crippen LogP contribution >= 0.6 is 0 Å². The van der Waals surface area contributed by atoms with Crippen LogP contribution in [0.25, 0.3) is 11.3 Å². The standard InChI is InChI=1S/C25H30FN5O5S.H2/c1-16(2)15-36-20-12-17(11-18(26)13-20)22-7-6-21(24(28-22)31-10-4-5-19(14-31)35-3)25(32)30-37(33,34)23-8-9-27-29-23;/h6-9,11-13,16,19H,4-5,10,14-15H2,1-3H3,(H,27,29)(H,30,32);1H. The molecule has 12 heteroatoms. The number of carbonyl (C=O) groups excluding carboxylic acids is 1. The van der Waals surface area contributed by atoms with Gasteiger partial charge in [0.2, 0.25) is 0 Å². The van der Waals surface area contributed by atoms with E-state index >= 15 is 0 Å². The number of rotatable bonds is 9. The third-order valence-electron chi connectivity index (χ3n) is 5.87. The second-order valence-electron chi connectivity index (χ2n) is 9.25. The van der Waals surface area contributed by atoms with Gasteiger partial charge in [0.25, 0.3) is 15.9 Å². The number of halogens is 1. The highest BCUT2D eigenvalue weighted by Crippen LogP contribution is 2.30. The topological polar surface area (TPSA) is 127 Å². The van der Waals surface area contributed by atoms with Gasteiger partial charge in [-0.15, -0.1) is 0 Å². The van der Waals surface area contributed by atoms with Gasteiger partial charge in [0.05, 0.1) is 30.2 Å². The van der Waals surface area contributed by atoms with Crippen molar-refractivity contribution < 1.29 is 28.5 Å². The molecule has 1 aromatic carbocycles. The van der Waals surface area contributed by atoms with Gasteiger partial charge < -0.3 is 14.4 Å². The molecule has 37 heavy (non-hydrogen) atoms. The van der Waals surface area contributed by atoms with Gasteiger partial charge in [-0.1, -0.05) is 13.8 Å². The number of carbonyl (C=O) groups is 1. The van der Waals surface area contributed by atoms with Gasteiger partial charge in [-0.2, -0.15) is 13.5 Å². The quantitative estimate of drug-likeness (QED) is 0.427. The number of benzene rings is 1. The number of anilines is 1. The van der Waals surface area contributed by atoms with E-state index in [2.05, 4.69) is 14.9 Å². The Kier molecular flexibility index (Phi) is 8.08. The molecule has 2 N–H and O–H groups in total. The van der Waals surface area contributed by atoms with Gasteiger partial charge in [0.1, 0.15) is 17.4 Å². The second kappa shape index (κ2) is 11.3. The van der Waals surface area contributed by atoms with Crippen LogP contribution in [0.15, 0.2) is 47.6 Å². The number of ether oxygens (including phenoxy) is 2. The first kappa shape index (κ1) is 26.6.